The highest BCUT2D eigenvalue weighted by Crippen LogP contribution is 2.33. The monoisotopic (exact) mass is 441 g/mol. The molecule has 0 spiro atoms. The molecule has 156 valence electrons. The van der Waals surface area contributed by atoms with Gasteiger partial charge in [0.15, 0.2) is 0 Å². The molecule has 0 radical (unpaired) electrons. The number of H-pyrrole nitrogens is 1. The van der Waals surface area contributed by atoms with Gasteiger partial charge in [0, 0.05) is 29.3 Å². The molecule has 1 saturated heterocycles. The SMILES string of the molecule is Cc1ccc(-c2nc(SCC(=O)NC[C@H]3CCCO3)c(-c3ccc(Cl)cc3)[nH]2)cc1. The smallest absolute Gasteiger partial charge is 0.230 e. The molecule has 1 amide bonds. The number of hydrogen-bond donors (Lipinski definition) is 2. The van der Waals surface area contributed by atoms with Gasteiger partial charge < -0.3 is 15.0 Å². The molecule has 0 saturated carbocycles. The van der Waals surface area contributed by atoms with Crippen LogP contribution in [0.4, 0.5) is 0 Å². The van der Waals surface area contributed by atoms with Crippen molar-refractivity contribution in [3.63, 3.8) is 0 Å². The van der Waals surface area contributed by atoms with Crippen LogP contribution in [0.25, 0.3) is 22.6 Å². The number of aromatic nitrogens is 2. The van der Waals surface area contributed by atoms with Crippen LogP contribution in [0.3, 0.4) is 0 Å². The number of thioether (sulfide) groups is 1. The number of carbonyl (C=O) groups excluding carboxylic acids is 1. The maximum absolute atomic E-state index is 12.3. The Labute approximate surface area is 185 Å². The number of carbonyl (C=O) groups is 1. The van der Waals surface area contributed by atoms with Crippen molar-refractivity contribution in [3.8, 4) is 22.6 Å². The van der Waals surface area contributed by atoms with Crippen LogP contribution in [0.15, 0.2) is 53.6 Å². The minimum absolute atomic E-state index is 0.0163. The molecular weight excluding hydrogens is 418 g/mol. The maximum Gasteiger partial charge on any atom is 0.230 e. The topological polar surface area (TPSA) is 67.0 Å². The lowest BCUT2D eigenvalue weighted by molar-refractivity contribution is -0.119. The first kappa shape index (κ1) is 21.0. The molecule has 2 aromatic carbocycles. The van der Waals surface area contributed by atoms with Crippen molar-refractivity contribution < 1.29 is 9.53 Å². The molecule has 1 aliphatic rings. The number of rotatable bonds is 7. The fourth-order valence-electron chi connectivity index (χ4n) is 3.34. The number of aryl methyl sites for hydroxylation is 1. The Morgan fingerprint density at radius 2 is 1.93 bits per heavy atom. The minimum Gasteiger partial charge on any atom is -0.376 e. The number of benzene rings is 2. The Hall–Kier alpha value is -2.28. The summed E-state index contributed by atoms with van der Waals surface area (Å²) < 4.78 is 5.56. The molecule has 0 bridgehead atoms. The summed E-state index contributed by atoms with van der Waals surface area (Å²) in [6.07, 6.45) is 2.21. The van der Waals surface area contributed by atoms with E-state index in [1.807, 2.05) is 36.4 Å². The van der Waals surface area contributed by atoms with Gasteiger partial charge in [-0.05, 0) is 31.9 Å². The zero-order valence-electron chi connectivity index (χ0n) is 16.8. The van der Waals surface area contributed by atoms with Crippen LogP contribution in [0.5, 0.6) is 0 Å². The number of nitrogens with zero attached hydrogens (tertiary/aromatic N) is 1. The van der Waals surface area contributed by atoms with E-state index in [1.54, 1.807) is 0 Å². The van der Waals surface area contributed by atoms with Crippen molar-refractivity contribution in [1.29, 1.82) is 0 Å². The Morgan fingerprint density at radius 3 is 2.63 bits per heavy atom. The number of aromatic amines is 1. The van der Waals surface area contributed by atoms with Crippen LogP contribution in [-0.4, -0.2) is 40.9 Å². The molecule has 0 unspecified atom stereocenters. The molecule has 1 aromatic heterocycles. The van der Waals surface area contributed by atoms with Gasteiger partial charge in [-0.1, -0.05) is 65.3 Å². The Balaban J connectivity index is 1.51. The molecule has 1 atom stereocenters. The third kappa shape index (κ3) is 5.25. The second kappa shape index (κ2) is 9.69. The van der Waals surface area contributed by atoms with Gasteiger partial charge in [-0.2, -0.15) is 0 Å². The number of ether oxygens (including phenoxy) is 1. The second-order valence-corrected chi connectivity index (χ2v) is 8.77. The van der Waals surface area contributed by atoms with Crippen molar-refractivity contribution in [2.45, 2.75) is 30.9 Å². The number of amides is 1. The summed E-state index contributed by atoms with van der Waals surface area (Å²) in [5.74, 6) is 1.06. The maximum atomic E-state index is 12.3. The van der Waals surface area contributed by atoms with Crippen LogP contribution in [0.1, 0.15) is 18.4 Å². The van der Waals surface area contributed by atoms with Gasteiger partial charge in [-0.15, -0.1) is 0 Å². The fourth-order valence-corrected chi connectivity index (χ4v) is 4.30. The number of halogens is 1. The zero-order chi connectivity index (χ0) is 20.9. The van der Waals surface area contributed by atoms with E-state index in [2.05, 4.69) is 29.4 Å². The predicted molar refractivity (Wildman–Crippen MR) is 122 cm³/mol. The largest absolute Gasteiger partial charge is 0.376 e. The fraction of sp³-hybridized carbons (Fsp3) is 0.304. The number of hydrogen-bond acceptors (Lipinski definition) is 4. The normalized spacial score (nSPS) is 16.0. The van der Waals surface area contributed by atoms with Gasteiger partial charge >= 0.3 is 0 Å². The predicted octanol–water partition coefficient (Wildman–Crippen LogP) is 5.09. The van der Waals surface area contributed by atoms with Gasteiger partial charge in [0.1, 0.15) is 10.9 Å². The van der Waals surface area contributed by atoms with E-state index in [0.717, 1.165) is 47.1 Å². The Morgan fingerprint density at radius 1 is 1.20 bits per heavy atom. The van der Waals surface area contributed by atoms with E-state index < -0.39 is 0 Å². The molecule has 2 heterocycles. The molecule has 1 aliphatic heterocycles. The first-order chi connectivity index (χ1) is 14.6. The van der Waals surface area contributed by atoms with E-state index in [9.17, 15) is 4.79 Å². The number of imidazole rings is 1. The quantitative estimate of drug-likeness (QED) is 0.501. The van der Waals surface area contributed by atoms with Gasteiger partial charge in [-0.3, -0.25) is 4.79 Å². The Bertz CT molecular complexity index is 996. The Kier molecular flexibility index (Phi) is 6.77. The lowest BCUT2D eigenvalue weighted by atomic mass is 10.1. The van der Waals surface area contributed by atoms with Gasteiger partial charge in [0.2, 0.25) is 5.91 Å². The first-order valence-corrected chi connectivity index (χ1v) is 11.4. The molecule has 30 heavy (non-hydrogen) atoms. The van der Waals surface area contributed by atoms with Crippen molar-refractivity contribution >= 4 is 29.3 Å². The standard InChI is InChI=1S/C23H24ClN3O2S/c1-15-4-6-17(7-5-15)22-26-21(16-8-10-18(24)11-9-16)23(27-22)30-14-20(28)25-13-19-3-2-12-29-19/h4-11,19H,2-3,12-14H2,1H3,(H,25,28)(H,26,27)/t19-/m1/s1. The molecular formula is C23H24ClN3O2S. The molecule has 2 N–H and O–H groups in total. The zero-order valence-corrected chi connectivity index (χ0v) is 18.4. The lowest BCUT2D eigenvalue weighted by Gasteiger charge is -2.10. The van der Waals surface area contributed by atoms with Crippen LogP contribution >= 0.6 is 23.4 Å². The van der Waals surface area contributed by atoms with E-state index in [1.165, 1.54) is 17.3 Å². The number of nitrogens with one attached hydrogen (secondary N) is 2. The minimum atomic E-state index is -0.0163. The second-order valence-electron chi connectivity index (χ2n) is 7.37. The third-order valence-electron chi connectivity index (χ3n) is 5.02. The first-order valence-electron chi connectivity index (χ1n) is 10.0. The van der Waals surface area contributed by atoms with Crippen molar-refractivity contribution in [1.82, 2.24) is 15.3 Å². The molecule has 5 nitrogen and oxygen atoms in total. The van der Waals surface area contributed by atoms with Gasteiger partial charge in [0.25, 0.3) is 0 Å². The summed E-state index contributed by atoms with van der Waals surface area (Å²) in [6, 6.07) is 15.8. The average Bonchev–Trinajstić information content (AvgIpc) is 3.42. The molecule has 1 fully saturated rings. The third-order valence-corrected chi connectivity index (χ3v) is 6.25. The summed E-state index contributed by atoms with van der Waals surface area (Å²) in [7, 11) is 0. The summed E-state index contributed by atoms with van der Waals surface area (Å²) in [5, 5.41) is 4.44. The summed E-state index contributed by atoms with van der Waals surface area (Å²) in [5.41, 5.74) is 4.07. The average molecular weight is 442 g/mol. The summed E-state index contributed by atoms with van der Waals surface area (Å²) in [6.45, 7) is 3.41. The van der Waals surface area contributed by atoms with E-state index in [-0.39, 0.29) is 12.0 Å². The van der Waals surface area contributed by atoms with Crippen molar-refractivity contribution in [3.05, 3.63) is 59.1 Å². The molecule has 0 aliphatic carbocycles. The van der Waals surface area contributed by atoms with Crippen LogP contribution in [0.2, 0.25) is 5.02 Å². The molecule has 4 rings (SSSR count). The van der Waals surface area contributed by atoms with E-state index in [0.29, 0.717) is 17.3 Å². The highest BCUT2D eigenvalue weighted by atomic mass is 35.5. The van der Waals surface area contributed by atoms with Crippen molar-refractivity contribution in [2.75, 3.05) is 18.9 Å². The molecule has 3 aromatic rings. The van der Waals surface area contributed by atoms with E-state index in [4.69, 9.17) is 21.3 Å². The van der Waals surface area contributed by atoms with Crippen LogP contribution < -0.4 is 5.32 Å². The highest BCUT2D eigenvalue weighted by Gasteiger charge is 2.18. The summed E-state index contributed by atoms with van der Waals surface area (Å²) in [4.78, 5) is 20.6. The highest BCUT2D eigenvalue weighted by molar-refractivity contribution is 8.00. The lowest BCUT2D eigenvalue weighted by Crippen LogP contribution is -2.32. The summed E-state index contributed by atoms with van der Waals surface area (Å²) >= 11 is 7.48. The van der Waals surface area contributed by atoms with Crippen LogP contribution in [-0.2, 0) is 9.53 Å². The van der Waals surface area contributed by atoms with Gasteiger partial charge in [-0.25, -0.2) is 4.98 Å². The molecule has 7 heteroatoms. The van der Waals surface area contributed by atoms with Crippen LogP contribution in [0, 0.1) is 6.92 Å². The van der Waals surface area contributed by atoms with Gasteiger partial charge in [0.05, 0.1) is 17.6 Å². The van der Waals surface area contributed by atoms with E-state index >= 15 is 0 Å². The van der Waals surface area contributed by atoms with Crippen molar-refractivity contribution in [2.24, 2.45) is 0 Å².